The maximum Gasteiger partial charge on any atom is 0.262 e. The van der Waals surface area contributed by atoms with E-state index in [0.29, 0.717) is 10.8 Å². The maximum atomic E-state index is 12.0. The van der Waals surface area contributed by atoms with E-state index in [-0.39, 0.29) is 12.5 Å². The van der Waals surface area contributed by atoms with Gasteiger partial charge in [-0.25, -0.2) is 0 Å². The summed E-state index contributed by atoms with van der Waals surface area (Å²) in [4.78, 5) is 12.0. The quantitative estimate of drug-likeness (QED) is 0.879. The number of rotatable bonds is 5. The first kappa shape index (κ1) is 16.4. The van der Waals surface area contributed by atoms with Crippen LogP contribution in [0.4, 0.5) is 5.69 Å². The Morgan fingerprint density at radius 1 is 1.18 bits per heavy atom. The average Bonchev–Trinajstić information content (AvgIpc) is 2.46. The van der Waals surface area contributed by atoms with Gasteiger partial charge in [-0.2, -0.15) is 0 Å². The van der Waals surface area contributed by atoms with Crippen molar-refractivity contribution in [1.29, 1.82) is 0 Å². The first-order valence-corrected chi connectivity index (χ1v) is 7.65. The van der Waals surface area contributed by atoms with Gasteiger partial charge in [0.25, 0.3) is 5.91 Å². The number of ether oxygens (including phenoxy) is 1. The fraction of sp³-hybridized carbons (Fsp3) is 0.278. The van der Waals surface area contributed by atoms with E-state index in [2.05, 4.69) is 12.2 Å². The third-order valence-electron chi connectivity index (χ3n) is 3.39. The van der Waals surface area contributed by atoms with Crippen molar-refractivity contribution in [1.82, 2.24) is 0 Å². The lowest BCUT2D eigenvalue weighted by atomic mass is 10.1. The lowest BCUT2D eigenvalue weighted by molar-refractivity contribution is -0.118. The minimum Gasteiger partial charge on any atom is -0.483 e. The van der Waals surface area contributed by atoms with Crippen molar-refractivity contribution in [2.45, 2.75) is 27.2 Å². The van der Waals surface area contributed by atoms with Gasteiger partial charge in [-0.1, -0.05) is 30.7 Å². The van der Waals surface area contributed by atoms with Crippen molar-refractivity contribution in [2.24, 2.45) is 0 Å². The van der Waals surface area contributed by atoms with Gasteiger partial charge in [0.15, 0.2) is 6.61 Å². The van der Waals surface area contributed by atoms with Gasteiger partial charge < -0.3 is 10.1 Å². The summed E-state index contributed by atoms with van der Waals surface area (Å²) in [5.74, 6) is 0.531. The van der Waals surface area contributed by atoms with Crippen molar-refractivity contribution in [3.05, 3.63) is 58.1 Å². The zero-order valence-corrected chi connectivity index (χ0v) is 13.8. The molecule has 0 aliphatic carbocycles. The smallest absolute Gasteiger partial charge is 0.262 e. The normalized spacial score (nSPS) is 10.4. The second kappa shape index (κ2) is 7.32. The SMILES string of the molecule is CCc1cccc(NC(=O)COc2c(C)cc(Cl)cc2C)c1. The number of aryl methyl sites for hydroxylation is 3. The van der Waals surface area contributed by atoms with E-state index >= 15 is 0 Å². The van der Waals surface area contributed by atoms with Gasteiger partial charge in [0, 0.05) is 10.7 Å². The topological polar surface area (TPSA) is 38.3 Å². The van der Waals surface area contributed by atoms with Crippen LogP contribution in [-0.4, -0.2) is 12.5 Å². The van der Waals surface area contributed by atoms with E-state index in [1.807, 2.05) is 50.2 Å². The minimum atomic E-state index is -0.179. The predicted molar refractivity (Wildman–Crippen MR) is 90.9 cm³/mol. The molecule has 0 aliphatic rings. The third kappa shape index (κ3) is 4.25. The van der Waals surface area contributed by atoms with E-state index in [0.717, 1.165) is 23.2 Å². The number of hydrogen-bond donors (Lipinski definition) is 1. The highest BCUT2D eigenvalue weighted by Crippen LogP contribution is 2.27. The molecule has 0 heterocycles. The molecule has 0 unspecified atom stereocenters. The molecule has 116 valence electrons. The van der Waals surface area contributed by atoms with E-state index in [9.17, 15) is 4.79 Å². The molecule has 0 aromatic heterocycles. The number of carbonyl (C=O) groups is 1. The predicted octanol–water partition coefficient (Wildman–Crippen LogP) is 4.54. The summed E-state index contributed by atoms with van der Waals surface area (Å²) >= 11 is 5.99. The van der Waals surface area contributed by atoms with E-state index in [1.165, 1.54) is 5.56 Å². The van der Waals surface area contributed by atoms with Gasteiger partial charge in [0.1, 0.15) is 5.75 Å². The molecule has 0 radical (unpaired) electrons. The number of halogens is 1. The largest absolute Gasteiger partial charge is 0.483 e. The summed E-state index contributed by atoms with van der Waals surface area (Å²) in [5, 5.41) is 3.52. The lowest BCUT2D eigenvalue weighted by Crippen LogP contribution is -2.20. The van der Waals surface area contributed by atoms with Crippen molar-refractivity contribution in [3.8, 4) is 5.75 Å². The first-order valence-electron chi connectivity index (χ1n) is 7.28. The standard InChI is InChI=1S/C18H20ClNO2/c1-4-14-6-5-7-16(10-14)20-17(21)11-22-18-12(2)8-15(19)9-13(18)3/h5-10H,4,11H2,1-3H3,(H,20,21). The van der Waals surface area contributed by atoms with Gasteiger partial charge in [0.2, 0.25) is 0 Å². The molecule has 3 nitrogen and oxygen atoms in total. The Labute approximate surface area is 136 Å². The molecule has 1 amide bonds. The summed E-state index contributed by atoms with van der Waals surface area (Å²) < 4.78 is 5.64. The molecule has 1 N–H and O–H groups in total. The molecular weight excluding hydrogens is 298 g/mol. The van der Waals surface area contributed by atoms with Crippen LogP contribution >= 0.6 is 11.6 Å². The monoisotopic (exact) mass is 317 g/mol. The molecule has 2 aromatic carbocycles. The maximum absolute atomic E-state index is 12.0. The van der Waals surface area contributed by atoms with Crippen molar-refractivity contribution >= 4 is 23.2 Å². The Morgan fingerprint density at radius 3 is 2.50 bits per heavy atom. The van der Waals surface area contributed by atoms with Gasteiger partial charge in [-0.05, 0) is 61.2 Å². The number of nitrogens with one attached hydrogen (secondary N) is 1. The highest BCUT2D eigenvalue weighted by atomic mass is 35.5. The summed E-state index contributed by atoms with van der Waals surface area (Å²) in [7, 11) is 0. The summed E-state index contributed by atoms with van der Waals surface area (Å²) in [5.41, 5.74) is 3.82. The number of benzene rings is 2. The van der Waals surface area contributed by atoms with Gasteiger partial charge in [-0.15, -0.1) is 0 Å². The molecule has 0 bridgehead atoms. The number of anilines is 1. The Kier molecular flexibility index (Phi) is 5.45. The fourth-order valence-electron chi connectivity index (χ4n) is 2.33. The number of amides is 1. The van der Waals surface area contributed by atoms with E-state index in [4.69, 9.17) is 16.3 Å². The number of carbonyl (C=O) groups excluding carboxylic acids is 1. The van der Waals surface area contributed by atoms with E-state index in [1.54, 1.807) is 0 Å². The van der Waals surface area contributed by atoms with Crippen LogP contribution in [0.2, 0.25) is 5.02 Å². The first-order chi connectivity index (χ1) is 10.5. The Hall–Kier alpha value is -2.00. The molecule has 0 saturated carbocycles. The highest BCUT2D eigenvalue weighted by Gasteiger charge is 2.09. The van der Waals surface area contributed by atoms with Gasteiger partial charge in [-0.3, -0.25) is 4.79 Å². The van der Waals surface area contributed by atoms with Crippen LogP contribution < -0.4 is 10.1 Å². The average molecular weight is 318 g/mol. The Balaban J connectivity index is 1.98. The second-order valence-corrected chi connectivity index (χ2v) is 5.70. The van der Waals surface area contributed by atoms with E-state index < -0.39 is 0 Å². The molecular formula is C18H20ClNO2. The molecule has 22 heavy (non-hydrogen) atoms. The third-order valence-corrected chi connectivity index (χ3v) is 3.61. The van der Waals surface area contributed by atoms with Crippen LogP contribution in [0.3, 0.4) is 0 Å². The van der Waals surface area contributed by atoms with Crippen molar-refractivity contribution < 1.29 is 9.53 Å². The lowest BCUT2D eigenvalue weighted by Gasteiger charge is -2.13. The van der Waals surface area contributed by atoms with Crippen LogP contribution in [0.15, 0.2) is 36.4 Å². The molecule has 4 heteroatoms. The summed E-state index contributed by atoms with van der Waals surface area (Å²) in [6, 6.07) is 11.5. The fourth-order valence-corrected chi connectivity index (χ4v) is 2.66. The Bertz CT molecular complexity index is 660. The Morgan fingerprint density at radius 2 is 1.86 bits per heavy atom. The van der Waals surface area contributed by atoms with Crippen LogP contribution in [0, 0.1) is 13.8 Å². The van der Waals surface area contributed by atoms with Gasteiger partial charge >= 0.3 is 0 Å². The summed E-state index contributed by atoms with van der Waals surface area (Å²) in [6.07, 6.45) is 0.934. The molecule has 0 spiro atoms. The minimum absolute atomic E-state index is 0.0281. The number of hydrogen-bond acceptors (Lipinski definition) is 2. The zero-order chi connectivity index (χ0) is 16.1. The highest BCUT2D eigenvalue weighted by molar-refractivity contribution is 6.30. The van der Waals surface area contributed by atoms with Crippen LogP contribution in [0.5, 0.6) is 5.75 Å². The van der Waals surface area contributed by atoms with Crippen molar-refractivity contribution in [3.63, 3.8) is 0 Å². The van der Waals surface area contributed by atoms with Crippen molar-refractivity contribution in [2.75, 3.05) is 11.9 Å². The molecule has 0 saturated heterocycles. The summed E-state index contributed by atoms with van der Waals surface area (Å²) in [6.45, 7) is 5.88. The molecule has 0 atom stereocenters. The molecule has 0 fully saturated rings. The molecule has 2 aromatic rings. The second-order valence-electron chi connectivity index (χ2n) is 5.26. The van der Waals surface area contributed by atoms with Crippen LogP contribution in [0.1, 0.15) is 23.6 Å². The van der Waals surface area contributed by atoms with Crippen LogP contribution in [-0.2, 0) is 11.2 Å². The zero-order valence-electron chi connectivity index (χ0n) is 13.1. The molecule has 2 rings (SSSR count). The van der Waals surface area contributed by atoms with Gasteiger partial charge in [0.05, 0.1) is 0 Å². The van der Waals surface area contributed by atoms with Crippen LogP contribution in [0.25, 0.3) is 0 Å². The molecule has 0 aliphatic heterocycles.